The maximum atomic E-state index is 12.3. The topological polar surface area (TPSA) is 80.3 Å². The number of anilines is 1. The Kier molecular flexibility index (Phi) is 4.39. The molecule has 0 saturated carbocycles. The number of rotatable bonds is 3. The zero-order valence-corrected chi connectivity index (χ0v) is 15.7. The van der Waals surface area contributed by atoms with Crippen molar-refractivity contribution in [1.29, 1.82) is 0 Å². The smallest absolute Gasteiger partial charge is 0.289 e. The zero-order chi connectivity index (χ0) is 19.0. The van der Waals surface area contributed by atoms with E-state index in [0.29, 0.717) is 37.8 Å². The fourth-order valence-electron chi connectivity index (χ4n) is 3.24. The molecule has 8 nitrogen and oxygen atoms in total. The molecule has 8 heteroatoms. The van der Waals surface area contributed by atoms with Gasteiger partial charge in [0.05, 0.1) is 12.0 Å². The van der Waals surface area contributed by atoms with Crippen LogP contribution >= 0.6 is 0 Å². The number of carbonyl (C=O) groups excluding carboxylic acids is 1. The molecule has 0 spiro atoms. The first kappa shape index (κ1) is 17.3. The number of hydrogen-bond donors (Lipinski definition) is 0. The van der Waals surface area contributed by atoms with Crippen molar-refractivity contribution in [2.75, 3.05) is 31.1 Å². The van der Waals surface area contributed by atoms with Crippen molar-refractivity contribution in [3.8, 4) is 5.82 Å². The normalized spacial score (nSPS) is 14.6. The van der Waals surface area contributed by atoms with E-state index in [-0.39, 0.29) is 5.91 Å². The molecule has 0 N–H and O–H groups in total. The second-order valence-electron chi connectivity index (χ2n) is 6.71. The minimum atomic E-state index is -0.0685. The van der Waals surface area contributed by atoms with E-state index in [1.807, 2.05) is 30.7 Å². The largest absolute Gasteiger partial charge is 0.459 e. The van der Waals surface area contributed by atoms with Crippen molar-refractivity contribution in [1.82, 2.24) is 24.9 Å². The molecule has 3 aromatic heterocycles. The van der Waals surface area contributed by atoms with Crippen molar-refractivity contribution < 1.29 is 9.21 Å². The van der Waals surface area contributed by atoms with Crippen molar-refractivity contribution in [2.24, 2.45) is 0 Å². The number of aromatic nitrogens is 4. The molecule has 27 heavy (non-hydrogen) atoms. The van der Waals surface area contributed by atoms with Crippen LogP contribution in [0.2, 0.25) is 0 Å². The molecule has 1 saturated heterocycles. The quantitative estimate of drug-likeness (QED) is 0.707. The van der Waals surface area contributed by atoms with E-state index in [1.165, 1.54) is 11.8 Å². The minimum Gasteiger partial charge on any atom is -0.459 e. The standard InChI is InChI=1S/C19H22N6O2/c1-13-14(2)22-25(15(13)3)18-7-6-17(20-21-18)23-8-10-24(11-9-23)19(26)16-5-4-12-27-16/h4-7,12H,8-11H2,1-3H3. The Labute approximate surface area is 157 Å². The fourth-order valence-corrected chi connectivity index (χ4v) is 3.24. The summed E-state index contributed by atoms with van der Waals surface area (Å²) in [5, 5.41) is 13.2. The molecule has 140 valence electrons. The van der Waals surface area contributed by atoms with Gasteiger partial charge in [0.25, 0.3) is 5.91 Å². The molecule has 0 bridgehead atoms. The molecule has 0 radical (unpaired) electrons. The molecule has 0 unspecified atom stereocenters. The predicted molar refractivity (Wildman–Crippen MR) is 100 cm³/mol. The van der Waals surface area contributed by atoms with Gasteiger partial charge in [-0.05, 0) is 50.6 Å². The average Bonchev–Trinajstić information content (AvgIpc) is 3.33. The molecule has 3 aromatic rings. The van der Waals surface area contributed by atoms with Crippen molar-refractivity contribution in [2.45, 2.75) is 20.8 Å². The predicted octanol–water partition coefficient (Wildman–Crippen LogP) is 2.14. The third kappa shape index (κ3) is 3.18. The van der Waals surface area contributed by atoms with Gasteiger partial charge in [0.15, 0.2) is 17.4 Å². The minimum absolute atomic E-state index is 0.0685. The first-order valence-electron chi connectivity index (χ1n) is 8.99. The molecule has 4 heterocycles. The van der Waals surface area contributed by atoms with Crippen LogP contribution in [0.15, 0.2) is 34.9 Å². The first-order chi connectivity index (χ1) is 13.0. The number of hydrogen-bond acceptors (Lipinski definition) is 6. The maximum absolute atomic E-state index is 12.3. The molecule has 4 rings (SSSR count). The van der Waals surface area contributed by atoms with Gasteiger partial charge >= 0.3 is 0 Å². The molecule has 1 aliphatic rings. The number of amides is 1. The van der Waals surface area contributed by atoms with Crippen LogP contribution in [0.4, 0.5) is 5.82 Å². The SMILES string of the molecule is Cc1nn(-c2ccc(N3CCN(C(=O)c4ccco4)CC3)nn2)c(C)c1C. The van der Waals surface area contributed by atoms with Crippen LogP contribution in [0.25, 0.3) is 5.82 Å². The number of nitrogens with zero attached hydrogens (tertiary/aromatic N) is 6. The van der Waals surface area contributed by atoms with E-state index >= 15 is 0 Å². The zero-order valence-electron chi connectivity index (χ0n) is 15.7. The van der Waals surface area contributed by atoms with Crippen LogP contribution in [0.1, 0.15) is 27.5 Å². The highest BCUT2D eigenvalue weighted by Gasteiger charge is 2.24. The van der Waals surface area contributed by atoms with Crippen LogP contribution in [0.5, 0.6) is 0 Å². The summed E-state index contributed by atoms with van der Waals surface area (Å²) in [7, 11) is 0. The van der Waals surface area contributed by atoms with E-state index in [9.17, 15) is 4.79 Å². The highest BCUT2D eigenvalue weighted by molar-refractivity contribution is 5.91. The number of piperazine rings is 1. The number of aryl methyl sites for hydroxylation is 1. The number of carbonyl (C=O) groups is 1. The van der Waals surface area contributed by atoms with E-state index < -0.39 is 0 Å². The van der Waals surface area contributed by atoms with Gasteiger partial charge in [0.2, 0.25) is 0 Å². The van der Waals surface area contributed by atoms with Crippen molar-refractivity contribution >= 4 is 11.7 Å². The summed E-state index contributed by atoms with van der Waals surface area (Å²) in [6, 6.07) is 7.31. The lowest BCUT2D eigenvalue weighted by Crippen LogP contribution is -2.49. The van der Waals surface area contributed by atoms with E-state index in [0.717, 1.165) is 17.2 Å². The summed E-state index contributed by atoms with van der Waals surface area (Å²) in [4.78, 5) is 16.3. The molecule has 1 amide bonds. The van der Waals surface area contributed by atoms with Crippen LogP contribution in [-0.2, 0) is 0 Å². The van der Waals surface area contributed by atoms with Gasteiger partial charge in [0.1, 0.15) is 0 Å². The number of furan rings is 1. The molecule has 0 aliphatic carbocycles. The molecular weight excluding hydrogens is 344 g/mol. The highest BCUT2D eigenvalue weighted by Crippen LogP contribution is 2.18. The third-order valence-electron chi connectivity index (χ3n) is 5.13. The van der Waals surface area contributed by atoms with Crippen molar-refractivity contribution in [3.05, 3.63) is 53.2 Å². The van der Waals surface area contributed by atoms with Crippen LogP contribution in [0.3, 0.4) is 0 Å². The molecule has 1 aliphatic heterocycles. The summed E-state index contributed by atoms with van der Waals surface area (Å²) in [6.45, 7) is 8.74. The first-order valence-corrected chi connectivity index (χ1v) is 8.99. The Morgan fingerprint density at radius 1 is 1.00 bits per heavy atom. The van der Waals surface area contributed by atoms with E-state index in [1.54, 1.807) is 17.0 Å². The van der Waals surface area contributed by atoms with Gasteiger partial charge in [-0.15, -0.1) is 10.2 Å². The Morgan fingerprint density at radius 2 is 1.70 bits per heavy atom. The summed E-state index contributed by atoms with van der Waals surface area (Å²) in [6.07, 6.45) is 1.52. The summed E-state index contributed by atoms with van der Waals surface area (Å²) in [5.41, 5.74) is 3.23. The summed E-state index contributed by atoms with van der Waals surface area (Å²) >= 11 is 0. The Bertz CT molecular complexity index is 937. The molecule has 0 atom stereocenters. The second-order valence-corrected chi connectivity index (χ2v) is 6.71. The van der Waals surface area contributed by atoms with Gasteiger partial charge in [-0.2, -0.15) is 5.10 Å². The van der Waals surface area contributed by atoms with Gasteiger partial charge < -0.3 is 14.2 Å². The summed E-state index contributed by atoms with van der Waals surface area (Å²) in [5.74, 6) is 1.83. The van der Waals surface area contributed by atoms with Crippen LogP contribution in [0, 0.1) is 20.8 Å². The Balaban J connectivity index is 1.43. The van der Waals surface area contributed by atoms with Crippen LogP contribution in [-0.4, -0.2) is 57.0 Å². The van der Waals surface area contributed by atoms with E-state index in [4.69, 9.17) is 4.42 Å². The highest BCUT2D eigenvalue weighted by atomic mass is 16.3. The van der Waals surface area contributed by atoms with Gasteiger partial charge in [-0.1, -0.05) is 0 Å². The second kappa shape index (κ2) is 6.86. The fraction of sp³-hybridized carbons (Fsp3) is 0.368. The lowest BCUT2D eigenvalue weighted by molar-refractivity contribution is 0.0714. The lowest BCUT2D eigenvalue weighted by atomic mass is 10.2. The lowest BCUT2D eigenvalue weighted by Gasteiger charge is -2.34. The van der Waals surface area contributed by atoms with Gasteiger partial charge in [0, 0.05) is 31.9 Å². The Morgan fingerprint density at radius 3 is 2.26 bits per heavy atom. The van der Waals surface area contributed by atoms with Gasteiger partial charge in [-0.3, -0.25) is 4.79 Å². The summed E-state index contributed by atoms with van der Waals surface area (Å²) < 4.78 is 7.02. The van der Waals surface area contributed by atoms with E-state index in [2.05, 4.69) is 27.1 Å². The van der Waals surface area contributed by atoms with Crippen molar-refractivity contribution in [3.63, 3.8) is 0 Å². The molecular formula is C19H22N6O2. The Hall–Kier alpha value is -3.16. The molecule has 1 fully saturated rings. The third-order valence-corrected chi connectivity index (χ3v) is 5.13. The molecule has 0 aromatic carbocycles. The van der Waals surface area contributed by atoms with Crippen LogP contribution < -0.4 is 4.90 Å². The maximum Gasteiger partial charge on any atom is 0.289 e. The average molecular weight is 366 g/mol. The monoisotopic (exact) mass is 366 g/mol. The van der Waals surface area contributed by atoms with Gasteiger partial charge in [-0.25, -0.2) is 4.68 Å².